The molecule has 0 bridgehead atoms. The maximum atomic E-state index is 12.6. The van der Waals surface area contributed by atoms with Crippen LogP contribution in [0.1, 0.15) is 29.8 Å². The van der Waals surface area contributed by atoms with Crippen LogP contribution in [0.2, 0.25) is 0 Å². The lowest BCUT2D eigenvalue weighted by Crippen LogP contribution is -2.35. The van der Waals surface area contributed by atoms with Gasteiger partial charge >= 0.3 is 0 Å². The Morgan fingerprint density at radius 2 is 2.08 bits per heavy atom. The topological polar surface area (TPSA) is 77.0 Å². The first-order chi connectivity index (χ1) is 11.6. The molecule has 1 N–H and O–H groups in total. The lowest BCUT2D eigenvalue weighted by molar-refractivity contribution is 0.0720. The second-order valence-electron chi connectivity index (χ2n) is 6.11. The van der Waals surface area contributed by atoms with Crippen molar-refractivity contribution in [2.24, 2.45) is 10.2 Å². The van der Waals surface area contributed by atoms with Crippen LogP contribution in [0.3, 0.4) is 0 Å². The second-order valence-corrected chi connectivity index (χ2v) is 6.11. The van der Waals surface area contributed by atoms with Crippen LogP contribution in [0.5, 0.6) is 0 Å². The van der Waals surface area contributed by atoms with Crippen LogP contribution in [0, 0.1) is 0 Å². The summed E-state index contributed by atoms with van der Waals surface area (Å²) in [4.78, 5) is 23.4. The van der Waals surface area contributed by atoms with E-state index in [1.54, 1.807) is 0 Å². The smallest absolute Gasteiger partial charge is 0.274 e. The van der Waals surface area contributed by atoms with Crippen molar-refractivity contribution in [3.63, 3.8) is 0 Å². The number of aromatic nitrogens is 2. The predicted molar refractivity (Wildman–Crippen MR) is 91.9 cm³/mol. The third-order valence-corrected chi connectivity index (χ3v) is 3.95. The third kappa shape index (κ3) is 3.61. The van der Waals surface area contributed by atoms with Crippen molar-refractivity contribution in [1.29, 1.82) is 0 Å². The molecular weight excluding hydrogens is 304 g/mol. The predicted octanol–water partition coefficient (Wildman–Crippen LogP) is 3.02. The number of carbonyl (C=O) groups excluding carboxylic acids is 1. The van der Waals surface area contributed by atoms with Crippen LogP contribution in [0.25, 0.3) is 0 Å². The number of azo groups is 1. The molecule has 0 unspecified atom stereocenters. The molecule has 7 heteroatoms. The maximum Gasteiger partial charge on any atom is 0.274 e. The fourth-order valence-electron chi connectivity index (χ4n) is 2.78. The van der Waals surface area contributed by atoms with E-state index in [2.05, 4.69) is 20.2 Å². The zero-order valence-corrected chi connectivity index (χ0v) is 14.1. The van der Waals surface area contributed by atoms with E-state index in [1.807, 2.05) is 48.3 Å². The summed E-state index contributed by atoms with van der Waals surface area (Å²) in [7, 11) is 3.91. The highest BCUT2D eigenvalue weighted by Gasteiger charge is 2.22. The Hall–Kier alpha value is -2.70. The van der Waals surface area contributed by atoms with Crippen LogP contribution in [0.15, 0.2) is 52.3 Å². The maximum absolute atomic E-state index is 12.6. The van der Waals surface area contributed by atoms with Gasteiger partial charge in [0.1, 0.15) is 0 Å². The Labute approximate surface area is 141 Å². The normalized spacial score (nSPS) is 19.3. The van der Waals surface area contributed by atoms with Crippen molar-refractivity contribution in [3.8, 4) is 0 Å². The first-order valence-corrected chi connectivity index (χ1v) is 8.16. The van der Waals surface area contributed by atoms with E-state index in [1.165, 1.54) is 12.7 Å². The van der Waals surface area contributed by atoms with Crippen LogP contribution < -0.4 is 0 Å². The van der Waals surface area contributed by atoms with Gasteiger partial charge in [-0.15, -0.1) is 10.2 Å². The second kappa shape index (κ2) is 7.25. The van der Waals surface area contributed by atoms with Gasteiger partial charge < -0.3 is 14.8 Å². The van der Waals surface area contributed by atoms with Gasteiger partial charge in [0.2, 0.25) is 5.82 Å². The van der Waals surface area contributed by atoms with Crippen molar-refractivity contribution in [1.82, 2.24) is 19.8 Å². The molecule has 0 spiro atoms. The molecule has 7 nitrogen and oxygen atoms in total. The van der Waals surface area contributed by atoms with Crippen molar-refractivity contribution < 1.29 is 4.79 Å². The van der Waals surface area contributed by atoms with E-state index in [-0.39, 0.29) is 5.91 Å². The number of nitrogens with zero attached hydrogens (tertiary/aromatic N) is 5. The van der Waals surface area contributed by atoms with Gasteiger partial charge in [-0.25, -0.2) is 4.98 Å². The number of hydrogen-bond acceptors (Lipinski definition) is 5. The van der Waals surface area contributed by atoms with E-state index in [9.17, 15) is 4.79 Å². The number of piperidine rings is 1. The summed E-state index contributed by atoms with van der Waals surface area (Å²) in [5.74, 6) is 0.284. The molecule has 0 aromatic carbocycles. The summed E-state index contributed by atoms with van der Waals surface area (Å²) in [5.41, 5.74) is 2.14. The Morgan fingerprint density at radius 1 is 1.29 bits per heavy atom. The van der Waals surface area contributed by atoms with Crippen LogP contribution in [0.4, 0.5) is 5.82 Å². The van der Waals surface area contributed by atoms with Gasteiger partial charge in [-0.3, -0.25) is 4.79 Å². The monoisotopic (exact) mass is 326 g/mol. The van der Waals surface area contributed by atoms with Crippen molar-refractivity contribution in [2.75, 3.05) is 27.2 Å². The first kappa shape index (κ1) is 16.2. The van der Waals surface area contributed by atoms with Gasteiger partial charge in [-0.2, -0.15) is 0 Å². The molecule has 126 valence electrons. The molecule has 1 saturated heterocycles. The quantitative estimate of drug-likeness (QED) is 0.864. The average Bonchev–Trinajstić information content (AvgIpc) is 3.21. The number of carbonyl (C=O) groups is 1. The molecule has 0 saturated carbocycles. The average molecular weight is 326 g/mol. The number of allylic oxidation sites excluding steroid dienone is 3. The molecule has 2 heterocycles. The Balaban J connectivity index is 1.75. The molecule has 1 aliphatic heterocycles. The minimum absolute atomic E-state index is 0.0521. The van der Waals surface area contributed by atoms with Crippen LogP contribution in [-0.2, 0) is 0 Å². The molecule has 24 heavy (non-hydrogen) atoms. The van der Waals surface area contributed by atoms with E-state index in [0.717, 1.165) is 37.2 Å². The number of likely N-dealkylation sites (tertiary alicyclic amines) is 1. The minimum atomic E-state index is -0.0521. The zero-order valence-electron chi connectivity index (χ0n) is 14.1. The molecule has 2 aliphatic rings. The van der Waals surface area contributed by atoms with E-state index in [0.29, 0.717) is 11.5 Å². The highest BCUT2D eigenvalue weighted by molar-refractivity contribution is 5.96. The number of hydrogen-bond donors (Lipinski definition) is 1. The molecule has 0 radical (unpaired) electrons. The lowest BCUT2D eigenvalue weighted by atomic mass is 10.1. The largest absolute Gasteiger partial charge is 0.383 e. The molecule has 3 rings (SSSR count). The third-order valence-electron chi connectivity index (χ3n) is 3.95. The molecule has 1 aromatic heterocycles. The number of amides is 1. The van der Waals surface area contributed by atoms with Crippen LogP contribution in [-0.4, -0.2) is 52.9 Å². The fourth-order valence-corrected chi connectivity index (χ4v) is 2.78. The van der Waals surface area contributed by atoms with Gasteiger partial charge in [0.05, 0.1) is 12.0 Å². The van der Waals surface area contributed by atoms with Crippen molar-refractivity contribution >= 4 is 11.7 Å². The standard InChI is InChI=1S/C17H22N6O/c1-22(2)11-13-7-6-8-14(13)20-21-16-15(18-12-19-16)17(24)23-9-4-3-5-10-23/h6-8,11-12H,3-5,9-10H2,1-2H3,(H,18,19). The summed E-state index contributed by atoms with van der Waals surface area (Å²) in [5, 5.41) is 8.45. The molecule has 1 aliphatic carbocycles. The molecule has 1 amide bonds. The first-order valence-electron chi connectivity index (χ1n) is 8.16. The summed E-state index contributed by atoms with van der Waals surface area (Å²) < 4.78 is 0. The number of rotatable bonds is 4. The minimum Gasteiger partial charge on any atom is -0.383 e. The van der Waals surface area contributed by atoms with Gasteiger partial charge in [0.25, 0.3) is 5.91 Å². The fraction of sp³-hybridized carbons (Fsp3) is 0.412. The molecule has 1 aromatic rings. The van der Waals surface area contributed by atoms with E-state index < -0.39 is 0 Å². The van der Waals surface area contributed by atoms with Gasteiger partial charge in [-0.1, -0.05) is 12.2 Å². The SMILES string of the molecule is CN(C)C=C1C=CC=C1N=Nc1nc[nH]c1C(=O)N1CCCCC1. The summed E-state index contributed by atoms with van der Waals surface area (Å²) in [6.07, 6.45) is 12.5. The summed E-state index contributed by atoms with van der Waals surface area (Å²) in [6.45, 7) is 1.58. The van der Waals surface area contributed by atoms with E-state index in [4.69, 9.17) is 0 Å². The zero-order chi connectivity index (χ0) is 16.9. The van der Waals surface area contributed by atoms with Crippen molar-refractivity contribution in [3.05, 3.63) is 47.7 Å². The number of nitrogens with one attached hydrogen (secondary N) is 1. The van der Waals surface area contributed by atoms with Gasteiger partial charge in [0.15, 0.2) is 5.69 Å². The van der Waals surface area contributed by atoms with Gasteiger partial charge in [0, 0.05) is 39.0 Å². The highest BCUT2D eigenvalue weighted by atomic mass is 16.2. The Kier molecular flexibility index (Phi) is 4.88. The Morgan fingerprint density at radius 3 is 2.83 bits per heavy atom. The number of imidazole rings is 1. The van der Waals surface area contributed by atoms with E-state index >= 15 is 0 Å². The van der Waals surface area contributed by atoms with Crippen LogP contribution >= 0.6 is 0 Å². The number of H-pyrrole nitrogens is 1. The Bertz CT molecular complexity index is 719. The lowest BCUT2D eigenvalue weighted by Gasteiger charge is -2.26. The van der Waals surface area contributed by atoms with Gasteiger partial charge in [-0.05, 0) is 25.3 Å². The van der Waals surface area contributed by atoms with Crippen molar-refractivity contribution in [2.45, 2.75) is 19.3 Å². The molecular formula is C17H22N6O. The summed E-state index contributed by atoms with van der Waals surface area (Å²) >= 11 is 0. The molecule has 0 atom stereocenters. The highest BCUT2D eigenvalue weighted by Crippen LogP contribution is 2.24. The summed E-state index contributed by atoms with van der Waals surface area (Å²) in [6, 6.07) is 0. The number of aromatic amines is 1. The molecule has 1 fully saturated rings.